The molecule has 1 atom stereocenters. The molecule has 2 amide bonds. The molecule has 0 unspecified atom stereocenters. The van der Waals surface area contributed by atoms with Gasteiger partial charge in [-0.3, -0.25) is 0 Å². The van der Waals surface area contributed by atoms with Crippen molar-refractivity contribution in [2.24, 2.45) is 0 Å². The van der Waals surface area contributed by atoms with Crippen molar-refractivity contribution in [3.63, 3.8) is 0 Å². The Bertz CT molecular complexity index is 802. The first-order chi connectivity index (χ1) is 10.8. The molecule has 2 N–H and O–H groups in total. The van der Waals surface area contributed by atoms with Gasteiger partial charge in [0.1, 0.15) is 0 Å². The van der Waals surface area contributed by atoms with Crippen molar-refractivity contribution in [1.29, 1.82) is 0 Å². The van der Waals surface area contributed by atoms with Crippen LogP contribution in [0, 0.1) is 6.92 Å². The molecule has 0 aliphatic heterocycles. The van der Waals surface area contributed by atoms with Crippen molar-refractivity contribution < 1.29 is 13.2 Å². The van der Waals surface area contributed by atoms with E-state index in [0.29, 0.717) is 5.69 Å². The average molecular weight is 332 g/mol. The van der Waals surface area contributed by atoms with Crippen molar-refractivity contribution in [3.05, 3.63) is 59.7 Å². The monoisotopic (exact) mass is 332 g/mol. The second-order valence-corrected chi connectivity index (χ2v) is 7.50. The Labute approximate surface area is 136 Å². The van der Waals surface area contributed by atoms with Crippen LogP contribution in [0.1, 0.15) is 24.1 Å². The molecular formula is C17H20N2O3S. The highest BCUT2D eigenvalue weighted by Gasteiger charge is 2.13. The van der Waals surface area contributed by atoms with Gasteiger partial charge >= 0.3 is 6.03 Å². The van der Waals surface area contributed by atoms with Crippen LogP contribution in [-0.2, 0) is 9.84 Å². The largest absolute Gasteiger partial charge is 0.331 e. The van der Waals surface area contributed by atoms with Crippen molar-refractivity contribution >= 4 is 21.6 Å². The zero-order chi connectivity index (χ0) is 17.0. The number of anilines is 1. The summed E-state index contributed by atoms with van der Waals surface area (Å²) >= 11 is 0. The summed E-state index contributed by atoms with van der Waals surface area (Å²) in [5.41, 5.74) is 2.26. The average Bonchev–Trinajstić information content (AvgIpc) is 2.49. The Morgan fingerprint density at radius 1 is 1.09 bits per heavy atom. The first kappa shape index (κ1) is 17.0. The molecular weight excluding hydrogens is 312 g/mol. The Morgan fingerprint density at radius 3 is 2.35 bits per heavy atom. The molecule has 0 saturated heterocycles. The molecule has 0 radical (unpaired) electrons. The van der Waals surface area contributed by atoms with Gasteiger partial charge in [-0.15, -0.1) is 0 Å². The van der Waals surface area contributed by atoms with E-state index in [4.69, 9.17) is 0 Å². The lowest BCUT2D eigenvalue weighted by Gasteiger charge is -2.16. The number of urea groups is 1. The van der Waals surface area contributed by atoms with Gasteiger partial charge in [-0.25, -0.2) is 13.2 Å². The van der Waals surface area contributed by atoms with Gasteiger partial charge in [0.05, 0.1) is 10.9 Å². The summed E-state index contributed by atoms with van der Waals surface area (Å²) in [4.78, 5) is 12.3. The van der Waals surface area contributed by atoms with Crippen LogP contribution in [0.2, 0.25) is 0 Å². The predicted octanol–water partition coefficient (Wildman–Crippen LogP) is 3.28. The summed E-state index contributed by atoms with van der Waals surface area (Å²) in [6.45, 7) is 3.69. The quantitative estimate of drug-likeness (QED) is 0.902. The van der Waals surface area contributed by atoms with Gasteiger partial charge in [-0.05, 0) is 37.1 Å². The predicted molar refractivity (Wildman–Crippen MR) is 91.3 cm³/mol. The van der Waals surface area contributed by atoms with E-state index in [0.717, 1.165) is 17.4 Å². The van der Waals surface area contributed by atoms with Gasteiger partial charge in [0, 0.05) is 11.9 Å². The first-order valence-corrected chi connectivity index (χ1v) is 9.09. The molecule has 2 aromatic rings. The topological polar surface area (TPSA) is 75.3 Å². The molecule has 2 aromatic carbocycles. The van der Waals surface area contributed by atoms with Gasteiger partial charge < -0.3 is 10.6 Å². The van der Waals surface area contributed by atoms with Gasteiger partial charge in [0.15, 0.2) is 9.84 Å². The molecule has 23 heavy (non-hydrogen) atoms. The summed E-state index contributed by atoms with van der Waals surface area (Å²) in [7, 11) is -3.32. The fraction of sp³-hybridized carbons (Fsp3) is 0.235. The molecule has 0 spiro atoms. The molecule has 0 aromatic heterocycles. The molecule has 0 fully saturated rings. The minimum Gasteiger partial charge on any atom is -0.331 e. The Balaban J connectivity index is 2.11. The lowest BCUT2D eigenvalue weighted by Crippen LogP contribution is -2.31. The molecule has 122 valence electrons. The number of benzene rings is 2. The Kier molecular flexibility index (Phi) is 5.05. The Morgan fingerprint density at radius 2 is 1.74 bits per heavy atom. The number of hydrogen-bond acceptors (Lipinski definition) is 3. The molecule has 0 bridgehead atoms. The van der Waals surface area contributed by atoms with Crippen LogP contribution in [0.15, 0.2) is 53.4 Å². The van der Waals surface area contributed by atoms with E-state index in [1.165, 1.54) is 12.1 Å². The fourth-order valence-corrected chi connectivity index (χ4v) is 2.79. The number of rotatable bonds is 4. The Hall–Kier alpha value is -2.34. The number of amides is 2. The second kappa shape index (κ2) is 6.83. The highest BCUT2D eigenvalue weighted by atomic mass is 32.2. The van der Waals surface area contributed by atoms with Crippen molar-refractivity contribution in [2.45, 2.75) is 24.8 Å². The van der Waals surface area contributed by atoms with Gasteiger partial charge in [-0.1, -0.05) is 36.4 Å². The van der Waals surface area contributed by atoms with E-state index in [2.05, 4.69) is 10.6 Å². The molecule has 0 saturated carbocycles. The van der Waals surface area contributed by atoms with Gasteiger partial charge in [-0.2, -0.15) is 0 Å². The number of nitrogens with one attached hydrogen (secondary N) is 2. The lowest BCUT2D eigenvalue weighted by atomic mass is 10.1. The van der Waals surface area contributed by atoms with Crippen LogP contribution in [0.25, 0.3) is 0 Å². The third-order valence-corrected chi connectivity index (χ3v) is 4.64. The number of aryl methyl sites for hydroxylation is 1. The maximum atomic E-state index is 12.1. The molecule has 6 heteroatoms. The first-order valence-electron chi connectivity index (χ1n) is 7.20. The number of carbonyl (C=O) groups excluding carboxylic acids is 1. The highest BCUT2D eigenvalue weighted by molar-refractivity contribution is 7.90. The molecule has 0 heterocycles. The maximum absolute atomic E-state index is 12.1. The van der Waals surface area contributed by atoms with Crippen molar-refractivity contribution in [2.75, 3.05) is 11.6 Å². The normalized spacial score (nSPS) is 12.5. The zero-order valence-corrected chi connectivity index (χ0v) is 14.1. The molecule has 0 aliphatic rings. The summed E-state index contributed by atoms with van der Waals surface area (Å²) in [5, 5.41) is 5.54. The standard InChI is InChI=1S/C17H20N2O3S/c1-12-9-10-15(23(3,21)22)11-16(12)19-17(20)18-13(2)14-7-5-4-6-8-14/h4-11,13H,1-3H3,(H2,18,19,20)/t13-/m0/s1. The lowest BCUT2D eigenvalue weighted by molar-refractivity contribution is 0.249. The van der Waals surface area contributed by atoms with E-state index >= 15 is 0 Å². The third kappa shape index (κ3) is 4.56. The molecule has 5 nitrogen and oxygen atoms in total. The minimum absolute atomic E-state index is 0.158. The zero-order valence-electron chi connectivity index (χ0n) is 13.3. The van der Waals surface area contributed by atoms with E-state index < -0.39 is 9.84 Å². The van der Waals surface area contributed by atoms with E-state index in [-0.39, 0.29) is 17.0 Å². The summed E-state index contributed by atoms with van der Waals surface area (Å²) in [6.07, 6.45) is 1.14. The van der Waals surface area contributed by atoms with Crippen LogP contribution in [-0.4, -0.2) is 20.7 Å². The highest BCUT2D eigenvalue weighted by Crippen LogP contribution is 2.20. The van der Waals surface area contributed by atoms with Crippen molar-refractivity contribution in [3.8, 4) is 0 Å². The summed E-state index contributed by atoms with van der Waals surface area (Å²) in [5.74, 6) is 0. The van der Waals surface area contributed by atoms with E-state index in [1.54, 1.807) is 6.07 Å². The van der Waals surface area contributed by atoms with E-state index in [1.807, 2.05) is 44.2 Å². The van der Waals surface area contributed by atoms with Gasteiger partial charge in [0.25, 0.3) is 0 Å². The summed E-state index contributed by atoms with van der Waals surface area (Å²) < 4.78 is 23.2. The summed E-state index contributed by atoms with van der Waals surface area (Å²) in [6, 6.07) is 13.7. The van der Waals surface area contributed by atoms with Crippen LogP contribution >= 0.6 is 0 Å². The van der Waals surface area contributed by atoms with Crippen LogP contribution in [0.5, 0.6) is 0 Å². The second-order valence-electron chi connectivity index (χ2n) is 5.48. The minimum atomic E-state index is -3.32. The van der Waals surface area contributed by atoms with Crippen LogP contribution in [0.4, 0.5) is 10.5 Å². The van der Waals surface area contributed by atoms with E-state index in [9.17, 15) is 13.2 Å². The van der Waals surface area contributed by atoms with Crippen molar-refractivity contribution in [1.82, 2.24) is 5.32 Å². The smallest absolute Gasteiger partial charge is 0.319 e. The SMILES string of the molecule is Cc1ccc(S(C)(=O)=O)cc1NC(=O)N[C@@H](C)c1ccccc1. The number of sulfone groups is 1. The molecule has 2 rings (SSSR count). The fourth-order valence-electron chi connectivity index (χ4n) is 2.15. The third-order valence-electron chi connectivity index (χ3n) is 3.53. The molecule has 0 aliphatic carbocycles. The number of carbonyl (C=O) groups is 1. The number of hydrogen-bond donors (Lipinski definition) is 2. The van der Waals surface area contributed by atoms with Crippen LogP contribution < -0.4 is 10.6 Å². The van der Waals surface area contributed by atoms with Gasteiger partial charge in [0.2, 0.25) is 0 Å². The van der Waals surface area contributed by atoms with Crippen LogP contribution in [0.3, 0.4) is 0 Å². The maximum Gasteiger partial charge on any atom is 0.319 e.